The molecule has 4 nitrogen and oxygen atoms in total. The molecule has 1 aromatic rings. The Morgan fingerprint density at radius 2 is 1.88 bits per heavy atom. The average Bonchev–Trinajstić information content (AvgIpc) is 2.94. The highest BCUT2D eigenvalue weighted by molar-refractivity contribution is 7.99. The van der Waals surface area contributed by atoms with Gasteiger partial charge in [-0.3, -0.25) is 0 Å². The van der Waals surface area contributed by atoms with Crippen LogP contribution in [-0.2, 0) is 15.8 Å². The first-order valence-corrected chi connectivity index (χ1v) is 11.5. The summed E-state index contributed by atoms with van der Waals surface area (Å²) in [6.07, 6.45) is 3.09. The minimum Gasteiger partial charge on any atom is -0.302 e. The summed E-state index contributed by atoms with van der Waals surface area (Å²) in [6.45, 7) is 3.18. The summed E-state index contributed by atoms with van der Waals surface area (Å²) in [7, 11) is -3.70. The number of rotatable bonds is 5. The van der Waals surface area contributed by atoms with E-state index in [1.165, 1.54) is 4.31 Å². The normalized spacial score (nSPS) is 23.7. The lowest BCUT2D eigenvalue weighted by Gasteiger charge is -2.31. The molecule has 8 heteroatoms. The van der Waals surface area contributed by atoms with Gasteiger partial charge in [0.1, 0.15) is 11.6 Å². The Kier molecular flexibility index (Phi) is 6.35. The van der Waals surface area contributed by atoms with Crippen LogP contribution in [0.3, 0.4) is 0 Å². The number of halogens is 2. The highest BCUT2D eigenvalue weighted by atomic mass is 32.2. The molecule has 1 aromatic carbocycles. The molecule has 2 heterocycles. The molecule has 0 bridgehead atoms. The summed E-state index contributed by atoms with van der Waals surface area (Å²) >= 11 is 1.77. The smallest absolute Gasteiger partial charge is 0.218 e. The van der Waals surface area contributed by atoms with E-state index in [0.29, 0.717) is 6.54 Å². The van der Waals surface area contributed by atoms with Crippen molar-refractivity contribution >= 4 is 21.8 Å². The van der Waals surface area contributed by atoms with Crippen LogP contribution >= 0.6 is 11.8 Å². The maximum atomic E-state index is 13.9. The zero-order valence-electron chi connectivity index (χ0n) is 14.2. The van der Waals surface area contributed by atoms with Gasteiger partial charge in [-0.05, 0) is 56.3 Å². The molecule has 0 aliphatic carbocycles. The first-order chi connectivity index (χ1) is 12.0. The van der Waals surface area contributed by atoms with Crippen molar-refractivity contribution in [1.29, 1.82) is 0 Å². The van der Waals surface area contributed by atoms with Gasteiger partial charge < -0.3 is 4.90 Å². The third-order valence-corrected chi connectivity index (χ3v) is 7.82. The molecule has 2 aliphatic rings. The quantitative estimate of drug-likeness (QED) is 0.775. The van der Waals surface area contributed by atoms with Gasteiger partial charge in [0.05, 0.1) is 5.75 Å². The van der Waals surface area contributed by atoms with Crippen LogP contribution < -0.4 is 0 Å². The molecule has 140 valence electrons. The number of sulfonamides is 1. The summed E-state index contributed by atoms with van der Waals surface area (Å²) in [6, 6.07) is 2.87. The van der Waals surface area contributed by atoms with Gasteiger partial charge in [-0.1, -0.05) is 0 Å². The van der Waals surface area contributed by atoms with Crippen molar-refractivity contribution in [3.05, 3.63) is 35.4 Å². The lowest BCUT2D eigenvalue weighted by atomic mass is 10.2. The summed E-state index contributed by atoms with van der Waals surface area (Å²) in [5.41, 5.74) is -0.100. The van der Waals surface area contributed by atoms with Crippen LogP contribution in [0, 0.1) is 11.6 Å². The zero-order valence-corrected chi connectivity index (χ0v) is 15.8. The van der Waals surface area contributed by atoms with E-state index in [1.807, 2.05) is 0 Å². The molecule has 0 aromatic heterocycles. The van der Waals surface area contributed by atoms with E-state index in [2.05, 4.69) is 4.90 Å². The lowest BCUT2D eigenvalue weighted by molar-refractivity contribution is 0.243. The maximum Gasteiger partial charge on any atom is 0.218 e. The first kappa shape index (κ1) is 19.1. The minimum absolute atomic E-state index is 0.100. The second-order valence-corrected chi connectivity index (χ2v) is 9.76. The fraction of sp³-hybridized carbons (Fsp3) is 0.647. The average molecular weight is 391 g/mol. The summed E-state index contributed by atoms with van der Waals surface area (Å²) < 4.78 is 54.8. The molecule has 0 saturated carbocycles. The number of hydrogen-bond donors (Lipinski definition) is 0. The summed E-state index contributed by atoms with van der Waals surface area (Å²) in [5.74, 6) is -0.104. The van der Waals surface area contributed by atoms with Gasteiger partial charge in [0.2, 0.25) is 10.0 Å². The van der Waals surface area contributed by atoms with Gasteiger partial charge in [0.15, 0.2) is 0 Å². The van der Waals surface area contributed by atoms with E-state index in [0.717, 1.165) is 68.6 Å². The molecule has 0 radical (unpaired) electrons. The Morgan fingerprint density at radius 1 is 1.12 bits per heavy atom. The van der Waals surface area contributed by atoms with Crippen molar-refractivity contribution in [1.82, 2.24) is 9.21 Å². The van der Waals surface area contributed by atoms with E-state index in [9.17, 15) is 17.2 Å². The molecule has 0 N–H and O–H groups in total. The van der Waals surface area contributed by atoms with Gasteiger partial charge >= 0.3 is 0 Å². The van der Waals surface area contributed by atoms with Crippen molar-refractivity contribution in [2.75, 3.05) is 37.7 Å². The first-order valence-electron chi connectivity index (χ1n) is 8.69. The highest BCUT2D eigenvalue weighted by Crippen LogP contribution is 2.24. The molecule has 1 unspecified atom stereocenters. The Labute approximate surface area is 152 Å². The van der Waals surface area contributed by atoms with Crippen LogP contribution in [0.1, 0.15) is 24.8 Å². The van der Waals surface area contributed by atoms with Crippen molar-refractivity contribution < 1.29 is 17.2 Å². The second-order valence-electron chi connectivity index (χ2n) is 6.69. The van der Waals surface area contributed by atoms with Crippen molar-refractivity contribution in [2.45, 2.75) is 31.1 Å². The number of likely N-dealkylation sites (tertiary alicyclic amines) is 1. The predicted molar refractivity (Wildman–Crippen MR) is 97.1 cm³/mol. The molecule has 0 spiro atoms. The van der Waals surface area contributed by atoms with Crippen molar-refractivity contribution in [2.24, 2.45) is 0 Å². The Bertz CT molecular complexity index is 694. The standard InChI is InChI=1S/C17H24F2N2O2S2/c18-15-4-5-17(19)14(10-15)13-25(22,23)21-8-3-9-24-12-16(21)11-20-6-1-2-7-20/h4-5,10,16H,1-3,6-9,11-13H2. The topological polar surface area (TPSA) is 40.6 Å². The van der Waals surface area contributed by atoms with Gasteiger partial charge in [-0.15, -0.1) is 0 Å². The molecular formula is C17H24F2N2O2S2. The zero-order chi connectivity index (χ0) is 17.9. The Hall–Kier alpha value is -0.700. The molecule has 2 aliphatic heterocycles. The second kappa shape index (κ2) is 8.33. The monoisotopic (exact) mass is 390 g/mol. The Balaban J connectivity index is 1.79. The van der Waals surface area contributed by atoms with Gasteiger partial charge in [-0.25, -0.2) is 17.2 Å². The molecule has 2 saturated heterocycles. The molecule has 0 amide bonds. The minimum atomic E-state index is -3.70. The van der Waals surface area contributed by atoms with Crippen LogP contribution in [0.15, 0.2) is 18.2 Å². The van der Waals surface area contributed by atoms with Gasteiger partial charge in [-0.2, -0.15) is 16.1 Å². The van der Waals surface area contributed by atoms with Crippen LogP contribution in [-0.4, -0.2) is 61.3 Å². The molecule has 2 fully saturated rings. The van der Waals surface area contributed by atoms with Crippen molar-refractivity contribution in [3.8, 4) is 0 Å². The maximum absolute atomic E-state index is 13.9. The molecule has 3 rings (SSSR count). The van der Waals surface area contributed by atoms with E-state index >= 15 is 0 Å². The number of benzene rings is 1. The predicted octanol–water partition coefficient (Wildman–Crippen LogP) is 2.70. The molecule has 25 heavy (non-hydrogen) atoms. The van der Waals surface area contributed by atoms with Crippen LogP contribution in [0.25, 0.3) is 0 Å². The summed E-state index contributed by atoms with van der Waals surface area (Å²) in [5, 5.41) is 0. The fourth-order valence-electron chi connectivity index (χ4n) is 3.51. The van der Waals surface area contributed by atoms with Crippen LogP contribution in [0.5, 0.6) is 0 Å². The van der Waals surface area contributed by atoms with E-state index in [-0.39, 0.29) is 11.6 Å². The van der Waals surface area contributed by atoms with Gasteiger partial charge in [0, 0.05) is 30.4 Å². The lowest BCUT2D eigenvalue weighted by Crippen LogP contribution is -2.47. The van der Waals surface area contributed by atoms with Crippen molar-refractivity contribution in [3.63, 3.8) is 0 Å². The molecular weight excluding hydrogens is 366 g/mol. The van der Waals surface area contributed by atoms with Crippen LogP contribution in [0.2, 0.25) is 0 Å². The summed E-state index contributed by atoms with van der Waals surface area (Å²) in [4.78, 5) is 2.31. The van der Waals surface area contributed by atoms with E-state index < -0.39 is 27.4 Å². The largest absolute Gasteiger partial charge is 0.302 e. The Morgan fingerprint density at radius 3 is 2.64 bits per heavy atom. The van der Waals surface area contributed by atoms with E-state index in [4.69, 9.17) is 0 Å². The number of thioether (sulfide) groups is 1. The SMILES string of the molecule is O=S(=O)(Cc1cc(F)ccc1F)N1CCCSCC1CN1CCCC1. The third kappa shape index (κ3) is 4.93. The highest BCUT2D eigenvalue weighted by Gasteiger charge is 2.33. The molecule has 1 atom stereocenters. The third-order valence-electron chi connectivity index (χ3n) is 4.76. The fourth-order valence-corrected chi connectivity index (χ4v) is 6.45. The van der Waals surface area contributed by atoms with Gasteiger partial charge in [0.25, 0.3) is 0 Å². The number of nitrogens with zero attached hydrogens (tertiary/aromatic N) is 2. The van der Waals surface area contributed by atoms with Crippen LogP contribution in [0.4, 0.5) is 8.78 Å². The number of hydrogen-bond acceptors (Lipinski definition) is 4. The van der Waals surface area contributed by atoms with E-state index in [1.54, 1.807) is 11.8 Å².